The Bertz CT molecular complexity index is 176. The van der Waals surface area contributed by atoms with Crippen molar-refractivity contribution in [1.82, 2.24) is 0 Å². The average molecular weight is 190 g/mol. The molecular formula is C10H16F2O. The first kappa shape index (κ1) is 12.3. The second-order valence-electron chi connectivity index (χ2n) is 3.08. The van der Waals surface area contributed by atoms with Gasteiger partial charge in [0.1, 0.15) is 0 Å². The van der Waals surface area contributed by atoms with Gasteiger partial charge < -0.3 is 0 Å². The lowest BCUT2D eigenvalue weighted by Crippen LogP contribution is -2.27. The Morgan fingerprint density at radius 3 is 2.54 bits per heavy atom. The Balaban J connectivity index is 3.86. The summed E-state index contributed by atoms with van der Waals surface area (Å²) in [4.78, 5) is 10.9. The summed E-state index contributed by atoms with van der Waals surface area (Å²) in [6.07, 6.45) is 2.84. The van der Waals surface area contributed by atoms with E-state index in [-0.39, 0.29) is 6.42 Å². The van der Waals surface area contributed by atoms with Crippen molar-refractivity contribution in [2.75, 3.05) is 0 Å². The second-order valence-corrected chi connectivity index (χ2v) is 3.08. The number of halogens is 2. The minimum atomic E-state index is -3.20. The van der Waals surface area contributed by atoms with Crippen LogP contribution in [0.15, 0.2) is 12.7 Å². The van der Waals surface area contributed by atoms with E-state index in [0.717, 1.165) is 18.9 Å². The standard InChI is InChI=1S/C10H16F2O/c1-3-5-6-7-9(13)10(11,12)8-4-2/h4H,2-3,5-8H2,1H3. The Kier molecular flexibility index (Phi) is 5.51. The molecule has 0 spiro atoms. The fourth-order valence-electron chi connectivity index (χ4n) is 1.01. The quantitative estimate of drug-likeness (QED) is 0.444. The van der Waals surface area contributed by atoms with Crippen molar-refractivity contribution >= 4 is 5.78 Å². The van der Waals surface area contributed by atoms with E-state index in [9.17, 15) is 13.6 Å². The SMILES string of the molecule is C=CCC(F)(F)C(=O)CCCCC. The minimum Gasteiger partial charge on any atom is -0.293 e. The van der Waals surface area contributed by atoms with E-state index in [1.165, 1.54) is 0 Å². The largest absolute Gasteiger partial charge is 0.308 e. The highest BCUT2D eigenvalue weighted by atomic mass is 19.3. The number of ketones is 1. The minimum absolute atomic E-state index is 0.0192. The van der Waals surface area contributed by atoms with Gasteiger partial charge in [0, 0.05) is 12.8 Å². The Morgan fingerprint density at radius 1 is 1.46 bits per heavy atom. The van der Waals surface area contributed by atoms with Crippen molar-refractivity contribution in [3.8, 4) is 0 Å². The van der Waals surface area contributed by atoms with Gasteiger partial charge in [-0.05, 0) is 6.42 Å². The summed E-state index contributed by atoms with van der Waals surface area (Å²) in [5.41, 5.74) is 0. The fraction of sp³-hybridized carbons (Fsp3) is 0.700. The molecular weight excluding hydrogens is 174 g/mol. The third-order valence-corrected chi connectivity index (χ3v) is 1.82. The van der Waals surface area contributed by atoms with Crippen molar-refractivity contribution < 1.29 is 13.6 Å². The second kappa shape index (κ2) is 5.84. The zero-order valence-corrected chi connectivity index (χ0v) is 7.98. The van der Waals surface area contributed by atoms with E-state index in [4.69, 9.17) is 0 Å². The Labute approximate surface area is 77.8 Å². The summed E-state index contributed by atoms with van der Waals surface area (Å²) >= 11 is 0. The molecule has 0 amide bonds. The highest BCUT2D eigenvalue weighted by molar-refractivity contribution is 5.85. The average Bonchev–Trinajstić information content (AvgIpc) is 2.04. The summed E-state index contributed by atoms with van der Waals surface area (Å²) in [7, 11) is 0. The molecule has 0 aromatic rings. The zero-order valence-electron chi connectivity index (χ0n) is 7.98. The summed E-state index contributed by atoms with van der Waals surface area (Å²) in [5, 5.41) is 0. The fourth-order valence-corrected chi connectivity index (χ4v) is 1.01. The summed E-state index contributed by atoms with van der Waals surface area (Å²) in [6, 6.07) is 0. The van der Waals surface area contributed by atoms with Gasteiger partial charge in [-0.1, -0.05) is 25.8 Å². The highest BCUT2D eigenvalue weighted by Crippen LogP contribution is 2.22. The Hall–Kier alpha value is -0.730. The molecule has 0 aliphatic heterocycles. The van der Waals surface area contributed by atoms with Gasteiger partial charge in [-0.2, -0.15) is 8.78 Å². The molecule has 0 aromatic heterocycles. The number of Topliss-reactive ketones (excluding diaryl/α,β-unsaturated/α-hetero) is 1. The van der Waals surface area contributed by atoms with E-state index < -0.39 is 18.1 Å². The third kappa shape index (κ3) is 4.76. The van der Waals surface area contributed by atoms with Gasteiger partial charge in [-0.25, -0.2) is 0 Å². The molecule has 0 aromatic carbocycles. The van der Waals surface area contributed by atoms with Crippen LogP contribution in [-0.4, -0.2) is 11.7 Å². The third-order valence-electron chi connectivity index (χ3n) is 1.82. The van der Waals surface area contributed by atoms with Crippen molar-refractivity contribution in [3.05, 3.63) is 12.7 Å². The monoisotopic (exact) mass is 190 g/mol. The maximum Gasteiger partial charge on any atom is 0.308 e. The predicted octanol–water partition coefficient (Wildman–Crippen LogP) is 3.35. The van der Waals surface area contributed by atoms with Crippen LogP contribution in [0, 0.1) is 0 Å². The summed E-state index contributed by atoms with van der Waals surface area (Å²) in [5.74, 6) is -4.16. The lowest BCUT2D eigenvalue weighted by Gasteiger charge is -2.11. The van der Waals surface area contributed by atoms with Crippen LogP contribution >= 0.6 is 0 Å². The molecule has 76 valence electrons. The van der Waals surface area contributed by atoms with Gasteiger partial charge in [0.05, 0.1) is 0 Å². The van der Waals surface area contributed by atoms with Crippen molar-refractivity contribution in [3.63, 3.8) is 0 Å². The lowest BCUT2D eigenvalue weighted by atomic mass is 10.0. The summed E-state index contributed by atoms with van der Waals surface area (Å²) in [6.45, 7) is 5.16. The van der Waals surface area contributed by atoms with E-state index in [2.05, 4.69) is 6.58 Å². The molecule has 0 bridgehead atoms. The van der Waals surface area contributed by atoms with Crippen LogP contribution in [0.3, 0.4) is 0 Å². The van der Waals surface area contributed by atoms with E-state index >= 15 is 0 Å². The maximum absolute atomic E-state index is 12.8. The lowest BCUT2D eigenvalue weighted by molar-refractivity contribution is -0.142. The van der Waals surface area contributed by atoms with Crippen LogP contribution < -0.4 is 0 Å². The molecule has 0 radical (unpaired) electrons. The number of hydrogen-bond donors (Lipinski definition) is 0. The molecule has 0 heterocycles. The van der Waals surface area contributed by atoms with Gasteiger partial charge >= 0.3 is 5.92 Å². The number of rotatable bonds is 7. The van der Waals surface area contributed by atoms with E-state index in [0.29, 0.717) is 6.42 Å². The molecule has 3 heteroatoms. The van der Waals surface area contributed by atoms with E-state index in [1.54, 1.807) is 0 Å². The predicted molar refractivity (Wildman–Crippen MR) is 48.9 cm³/mol. The number of hydrogen-bond acceptors (Lipinski definition) is 1. The number of alkyl halides is 2. The topological polar surface area (TPSA) is 17.1 Å². The van der Waals surface area contributed by atoms with Crippen LogP contribution in [0.25, 0.3) is 0 Å². The first-order chi connectivity index (χ1) is 6.04. The normalized spacial score (nSPS) is 11.3. The van der Waals surface area contributed by atoms with E-state index in [1.807, 2.05) is 6.92 Å². The first-order valence-electron chi connectivity index (χ1n) is 4.56. The molecule has 0 atom stereocenters. The summed E-state index contributed by atoms with van der Waals surface area (Å²) < 4.78 is 25.6. The smallest absolute Gasteiger partial charge is 0.293 e. The van der Waals surface area contributed by atoms with Gasteiger partial charge in [0.15, 0.2) is 0 Å². The maximum atomic E-state index is 12.8. The molecule has 0 rings (SSSR count). The number of unbranched alkanes of at least 4 members (excludes halogenated alkanes) is 2. The van der Waals surface area contributed by atoms with Crippen molar-refractivity contribution in [1.29, 1.82) is 0 Å². The Morgan fingerprint density at radius 2 is 2.08 bits per heavy atom. The number of carbonyl (C=O) groups excluding carboxylic acids is 1. The van der Waals surface area contributed by atoms with Crippen LogP contribution in [0.2, 0.25) is 0 Å². The number of allylic oxidation sites excluding steroid dienone is 1. The highest BCUT2D eigenvalue weighted by Gasteiger charge is 2.35. The molecule has 0 saturated carbocycles. The van der Waals surface area contributed by atoms with Gasteiger partial charge in [-0.3, -0.25) is 4.79 Å². The van der Waals surface area contributed by atoms with Crippen LogP contribution in [0.1, 0.15) is 39.0 Å². The van der Waals surface area contributed by atoms with Gasteiger partial charge in [0.25, 0.3) is 0 Å². The van der Waals surface area contributed by atoms with Crippen molar-refractivity contribution in [2.45, 2.75) is 45.0 Å². The molecule has 0 aliphatic rings. The zero-order chi connectivity index (χ0) is 10.3. The van der Waals surface area contributed by atoms with Crippen LogP contribution in [-0.2, 0) is 4.79 Å². The molecule has 0 N–H and O–H groups in total. The molecule has 0 saturated heterocycles. The van der Waals surface area contributed by atoms with Crippen molar-refractivity contribution in [2.24, 2.45) is 0 Å². The molecule has 0 aliphatic carbocycles. The van der Waals surface area contributed by atoms with Gasteiger partial charge in [-0.15, -0.1) is 6.58 Å². The molecule has 13 heavy (non-hydrogen) atoms. The molecule has 0 fully saturated rings. The van der Waals surface area contributed by atoms with Crippen LogP contribution in [0.4, 0.5) is 8.78 Å². The molecule has 0 unspecified atom stereocenters. The molecule has 1 nitrogen and oxygen atoms in total. The van der Waals surface area contributed by atoms with Gasteiger partial charge in [0.2, 0.25) is 5.78 Å². The first-order valence-corrected chi connectivity index (χ1v) is 4.56. The van der Waals surface area contributed by atoms with Crippen LogP contribution in [0.5, 0.6) is 0 Å². The number of carbonyl (C=O) groups is 1.